The summed E-state index contributed by atoms with van der Waals surface area (Å²) in [6, 6.07) is 6.76. The van der Waals surface area contributed by atoms with Crippen LogP contribution in [-0.2, 0) is 19.3 Å². The Bertz CT molecular complexity index is 522. The molecule has 1 aliphatic rings. The molecule has 0 radical (unpaired) electrons. The summed E-state index contributed by atoms with van der Waals surface area (Å²) >= 11 is 0. The van der Waals surface area contributed by atoms with Gasteiger partial charge in [0.1, 0.15) is 0 Å². The molecule has 2 aromatic rings. The second kappa shape index (κ2) is 4.56. The van der Waals surface area contributed by atoms with Crippen LogP contribution in [0.25, 0.3) is 10.9 Å². The number of hydrogen-bond acceptors (Lipinski definition) is 0. The second-order valence-corrected chi connectivity index (χ2v) is 5.23. The number of rotatable bonds is 4. The summed E-state index contributed by atoms with van der Waals surface area (Å²) in [5, 5.41) is 1.55. The van der Waals surface area contributed by atoms with E-state index in [1.165, 1.54) is 56.2 Å². The Kier molecular flexibility index (Phi) is 2.92. The van der Waals surface area contributed by atoms with Gasteiger partial charge in [0, 0.05) is 16.6 Å². The van der Waals surface area contributed by atoms with E-state index in [4.69, 9.17) is 0 Å². The molecule has 0 unspecified atom stereocenters. The molecule has 1 nitrogen and oxygen atoms in total. The highest BCUT2D eigenvalue weighted by molar-refractivity contribution is 5.88. The molecule has 0 amide bonds. The van der Waals surface area contributed by atoms with Gasteiger partial charge < -0.3 is 4.98 Å². The Hall–Kier alpha value is -1.24. The highest BCUT2D eigenvalue weighted by Crippen LogP contribution is 2.32. The number of unbranched alkanes of at least 4 members (excludes halogenated alkanes) is 2. The van der Waals surface area contributed by atoms with Crippen LogP contribution in [0.1, 0.15) is 49.4 Å². The summed E-state index contributed by atoms with van der Waals surface area (Å²) in [4.78, 5) is 3.61. The van der Waals surface area contributed by atoms with E-state index in [-0.39, 0.29) is 0 Å². The maximum Gasteiger partial charge on any atom is 0.0461 e. The van der Waals surface area contributed by atoms with Crippen LogP contribution < -0.4 is 0 Å². The van der Waals surface area contributed by atoms with Gasteiger partial charge in [-0.25, -0.2) is 0 Å². The smallest absolute Gasteiger partial charge is 0.0461 e. The lowest BCUT2D eigenvalue weighted by molar-refractivity contribution is 0.719. The monoisotopic (exact) mass is 227 g/mol. The van der Waals surface area contributed by atoms with Gasteiger partial charge >= 0.3 is 0 Å². The minimum Gasteiger partial charge on any atom is -0.358 e. The number of aromatic nitrogens is 1. The van der Waals surface area contributed by atoms with E-state index in [9.17, 15) is 0 Å². The number of fused-ring (bicyclic) bond motifs is 3. The molecule has 0 spiro atoms. The van der Waals surface area contributed by atoms with Gasteiger partial charge in [0.25, 0.3) is 0 Å². The minimum atomic E-state index is 1.25. The SMILES string of the molecule is CCCCCc1cccc2[nH]c3c(c12)CCC3. The molecule has 90 valence electrons. The average molecular weight is 227 g/mol. The molecule has 0 saturated heterocycles. The van der Waals surface area contributed by atoms with Crippen molar-refractivity contribution in [3.05, 3.63) is 35.0 Å². The molecule has 1 aliphatic carbocycles. The summed E-state index contributed by atoms with van der Waals surface area (Å²) < 4.78 is 0. The molecule has 3 rings (SSSR count). The van der Waals surface area contributed by atoms with E-state index in [1.54, 1.807) is 16.5 Å². The molecule has 1 aromatic carbocycles. The summed E-state index contributed by atoms with van der Waals surface area (Å²) in [7, 11) is 0. The Labute approximate surface area is 103 Å². The molecular formula is C16H21N. The molecule has 17 heavy (non-hydrogen) atoms. The third-order valence-electron chi connectivity index (χ3n) is 4.01. The number of hydrogen-bond donors (Lipinski definition) is 1. The first kappa shape index (κ1) is 10.9. The number of aromatic amines is 1. The molecule has 0 saturated carbocycles. The van der Waals surface area contributed by atoms with Gasteiger partial charge in [-0.1, -0.05) is 31.9 Å². The van der Waals surface area contributed by atoms with Gasteiger partial charge in [-0.2, -0.15) is 0 Å². The normalized spacial score (nSPS) is 14.4. The Morgan fingerprint density at radius 2 is 2.12 bits per heavy atom. The molecule has 0 aliphatic heterocycles. The van der Waals surface area contributed by atoms with Gasteiger partial charge in [0.15, 0.2) is 0 Å². The molecule has 1 aromatic heterocycles. The first-order chi connectivity index (χ1) is 8.40. The summed E-state index contributed by atoms with van der Waals surface area (Å²) in [6.45, 7) is 2.27. The van der Waals surface area contributed by atoms with Crippen LogP contribution >= 0.6 is 0 Å². The predicted molar refractivity (Wildman–Crippen MR) is 73.6 cm³/mol. The lowest BCUT2D eigenvalue weighted by Crippen LogP contribution is -1.88. The zero-order chi connectivity index (χ0) is 11.7. The van der Waals surface area contributed by atoms with E-state index in [2.05, 4.69) is 30.1 Å². The van der Waals surface area contributed by atoms with Crippen LogP contribution in [0.3, 0.4) is 0 Å². The maximum atomic E-state index is 3.61. The molecule has 1 N–H and O–H groups in total. The van der Waals surface area contributed by atoms with Crippen LogP contribution in [0.15, 0.2) is 18.2 Å². The molecular weight excluding hydrogens is 206 g/mol. The summed E-state index contributed by atoms with van der Waals surface area (Å²) in [5.74, 6) is 0. The van der Waals surface area contributed by atoms with Crippen molar-refractivity contribution in [2.75, 3.05) is 0 Å². The number of H-pyrrole nitrogens is 1. The van der Waals surface area contributed by atoms with Gasteiger partial charge in [0.05, 0.1) is 0 Å². The van der Waals surface area contributed by atoms with Crippen molar-refractivity contribution in [3.8, 4) is 0 Å². The van der Waals surface area contributed by atoms with E-state index < -0.39 is 0 Å². The fourth-order valence-corrected chi connectivity index (χ4v) is 3.15. The zero-order valence-corrected chi connectivity index (χ0v) is 10.7. The van der Waals surface area contributed by atoms with Gasteiger partial charge in [0.2, 0.25) is 0 Å². The first-order valence-corrected chi connectivity index (χ1v) is 7.01. The quantitative estimate of drug-likeness (QED) is 0.746. The fraction of sp³-hybridized carbons (Fsp3) is 0.500. The summed E-state index contributed by atoms with van der Waals surface area (Å²) in [5.41, 5.74) is 6.05. The van der Waals surface area contributed by atoms with E-state index >= 15 is 0 Å². The molecule has 1 heteroatoms. The lowest BCUT2D eigenvalue weighted by atomic mass is 10.00. The lowest BCUT2D eigenvalue weighted by Gasteiger charge is -2.04. The second-order valence-electron chi connectivity index (χ2n) is 5.23. The van der Waals surface area contributed by atoms with Crippen molar-refractivity contribution in [1.82, 2.24) is 4.98 Å². The van der Waals surface area contributed by atoms with Gasteiger partial charge in [-0.05, 0) is 49.3 Å². The minimum absolute atomic E-state index is 1.25. The Morgan fingerprint density at radius 3 is 3.00 bits per heavy atom. The van der Waals surface area contributed by atoms with E-state index in [1.807, 2.05) is 0 Å². The Balaban J connectivity index is 1.99. The number of benzene rings is 1. The standard InChI is InChI=1S/C16H21N/c1-2-3-4-7-12-8-5-11-15-16(12)13-9-6-10-14(13)17-15/h5,8,11,17H,2-4,6-7,9-10H2,1H3. The van der Waals surface area contributed by atoms with Crippen molar-refractivity contribution in [1.29, 1.82) is 0 Å². The third-order valence-corrected chi connectivity index (χ3v) is 4.01. The van der Waals surface area contributed by atoms with Crippen molar-refractivity contribution in [3.63, 3.8) is 0 Å². The first-order valence-electron chi connectivity index (χ1n) is 7.01. The van der Waals surface area contributed by atoms with Crippen molar-refractivity contribution < 1.29 is 0 Å². The van der Waals surface area contributed by atoms with Crippen LogP contribution in [0, 0.1) is 0 Å². The molecule has 0 fully saturated rings. The molecule has 0 bridgehead atoms. The predicted octanol–water partition coefficient (Wildman–Crippen LogP) is 4.39. The van der Waals surface area contributed by atoms with E-state index in [0.29, 0.717) is 0 Å². The molecule has 0 atom stereocenters. The van der Waals surface area contributed by atoms with Crippen LogP contribution in [0.2, 0.25) is 0 Å². The largest absolute Gasteiger partial charge is 0.358 e. The van der Waals surface area contributed by atoms with Gasteiger partial charge in [-0.15, -0.1) is 0 Å². The highest BCUT2D eigenvalue weighted by atomic mass is 14.7. The maximum absolute atomic E-state index is 3.61. The van der Waals surface area contributed by atoms with Crippen LogP contribution in [0.4, 0.5) is 0 Å². The average Bonchev–Trinajstić information content (AvgIpc) is 2.89. The van der Waals surface area contributed by atoms with Crippen LogP contribution in [0.5, 0.6) is 0 Å². The number of nitrogens with one attached hydrogen (secondary N) is 1. The van der Waals surface area contributed by atoms with Gasteiger partial charge in [-0.3, -0.25) is 0 Å². The van der Waals surface area contributed by atoms with E-state index in [0.717, 1.165) is 0 Å². The van der Waals surface area contributed by atoms with Crippen molar-refractivity contribution in [2.45, 2.75) is 51.9 Å². The third kappa shape index (κ3) is 1.88. The molecule has 1 heterocycles. The zero-order valence-electron chi connectivity index (χ0n) is 10.7. The topological polar surface area (TPSA) is 15.8 Å². The summed E-state index contributed by atoms with van der Waals surface area (Å²) in [6.07, 6.45) is 9.09. The highest BCUT2D eigenvalue weighted by Gasteiger charge is 2.18. The van der Waals surface area contributed by atoms with Crippen molar-refractivity contribution >= 4 is 10.9 Å². The van der Waals surface area contributed by atoms with Crippen molar-refractivity contribution in [2.24, 2.45) is 0 Å². The number of aryl methyl sites for hydroxylation is 3. The fourth-order valence-electron chi connectivity index (χ4n) is 3.15. The Morgan fingerprint density at radius 1 is 1.18 bits per heavy atom. The van der Waals surface area contributed by atoms with Crippen LogP contribution in [-0.4, -0.2) is 4.98 Å².